The Labute approximate surface area is 98.9 Å². The third-order valence-corrected chi connectivity index (χ3v) is 3.20. The molecule has 3 nitrogen and oxygen atoms in total. The minimum Gasteiger partial charge on any atom is -0.488 e. The molecule has 0 bridgehead atoms. The summed E-state index contributed by atoms with van der Waals surface area (Å²) in [4.78, 5) is 0.785. The van der Waals surface area contributed by atoms with E-state index in [0.717, 1.165) is 10.6 Å². The van der Waals surface area contributed by atoms with Gasteiger partial charge in [0.1, 0.15) is 11.4 Å². The number of hydrogen-bond acceptors (Lipinski definition) is 3. The highest BCUT2D eigenvalue weighted by Gasteiger charge is 2.18. The molecular formula is C12H18O3S. The number of benzene rings is 1. The van der Waals surface area contributed by atoms with E-state index in [2.05, 4.69) is 0 Å². The van der Waals surface area contributed by atoms with Crippen LogP contribution in [0.5, 0.6) is 5.75 Å². The van der Waals surface area contributed by atoms with E-state index in [4.69, 9.17) is 9.84 Å². The van der Waals surface area contributed by atoms with Crippen LogP contribution in [0.15, 0.2) is 29.2 Å². The van der Waals surface area contributed by atoms with Crippen molar-refractivity contribution >= 4 is 10.8 Å². The van der Waals surface area contributed by atoms with Gasteiger partial charge in [0.15, 0.2) is 0 Å². The van der Waals surface area contributed by atoms with Crippen LogP contribution in [0.3, 0.4) is 0 Å². The summed E-state index contributed by atoms with van der Waals surface area (Å²) >= 11 is 0. The summed E-state index contributed by atoms with van der Waals surface area (Å²) < 4.78 is 16.9. The van der Waals surface area contributed by atoms with Gasteiger partial charge in [0.25, 0.3) is 0 Å². The van der Waals surface area contributed by atoms with Crippen molar-refractivity contribution in [3.63, 3.8) is 0 Å². The predicted molar refractivity (Wildman–Crippen MR) is 65.2 cm³/mol. The fourth-order valence-corrected chi connectivity index (χ4v) is 1.86. The molecule has 1 unspecified atom stereocenters. The van der Waals surface area contributed by atoms with Crippen molar-refractivity contribution in [2.75, 3.05) is 12.9 Å². The van der Waals surface area contributed by atoms with E-state index in [9.17, 15) is 4.21 Å². The van der Waals surface area contributed by atoms with Gasteiger partial charge in [0, 0.05) is 35.0 Å². The summed E-state index contributed by atoms with van der Waals surface area (Å²) in [7, 11) is -0.959. The van der Waals surface area contributed by atoms with E-state index in [1.165, 1.54) is 0 Å². The fourth-order valence-electron chi connectivity index (χ4n) is 1.34. The molecule has 1 aromatic rings. The Morgan fingerprint density at radius 3 is 2.31 bits per heavy atom. The Hall–Kier alpha value is -0.870. The zero-order chi connectivity index (χ0) is 12.2. The molecular weight excluding hydrogens is 224 g/mol. The molecule has 0 aliphatic rings. The number of aliphatic hydroxyl groups is 1. The smallest absolute Gasteiger partial charge is 0.120 e. The van der Waals surface area contributed by atoms with Gasteiger partial charge in [0.05, 0.1) is 0 Å². The van der Waals surface area contributed by atoms with Crippen molar-refractivity contribution in [1.82, 2.24) is 0 Å². The molecule has 1 aromatic carbocycles. The second kappa shape index (κ2) is 5.46. The minimum absolute atomic E-state index is 0.101. The van der Waals surface area contributed by atoms with Crippen LogP contribution in [-0.4, -0.2) is 27.8 Å². The first-order valence-corrected chi connectivity index (χ1v) is 6.74. The van der Waals surface area contributed by atoms with Gasteiger partial charge in [0.2, 0.25) is 0 Å². The summed E-state index contributed by atoms with van der Waals surface area (Å²) in [6, 6.07) is 7.19. The highest BCUT2D eigenvalue weighted by atomic mass is 32.2. The molecule has 0 aliphatic carbocycles. The molecule has 1 rings (SSSR count). The lowest BCUT2D eigenvalue weighted by molar-refractivity contribution is 0.0764. The fraction of sp³-hybridized carbons (Fsp3) is 0.500. The predicted octanol–water partition coefficient (Wildman–Crippen LogP) is 1.96. The van der Waals surface area contributed by atoms with Gasteiger partial charge in [-0.2, -0.15) is 0 Å². The molecule has 0 amide bonds. The highest BCUT2D eigenvalue weighted by Crippen LogP contribution is 2.21. The molecule has 0 aliphatic heterocycles. The first-order chi connectivity index (χ1) is 7.44. The zero-order valence-electron chi connectivity index (χ0n) is 9.90. The first-order valence-electron chi connectivity index (χ1n) is 5.18. The van der Waals surface area contributed by atoms with Crippen LogP contribution in [0.25, 0.3) is 0 Å². The number of hydrogen-bond donors (Lipinski definition) is 1. The highest BCUT2D eigenvalue weighted by molar-refractivity contribution is 7.84. The Morgan fingerprint density at radius 1 is 1.31 bits per heavy atom. The number of aliphatic hydroxyl groups excluding tert-OH is 1. The molecule has 0 radical (unpaired) electrons. The van der Waals surface area contributed by atoms with Crippen molar-refractivity contribution in [2.24, 2.45) is 0 Å². The summed E-state index contributed by atoms with van der Waals surface area (Å²) in [6.07, 6.45) is 2.22. The van der Waals surface area contributed by atoms with E-state index in [1.54, 1.807) is 30.5 Å². The van der Waals surface area contributed by atoms with Crippen molar-refractivity contribution < 1.29 is 14.1 Å². The average Bonchev–Trinajstić information content (AvgIpc) is 2.17. The SMILES string of the molecule is CS(=O)c1ccc(OC(C)(C)CCO)cc1. The lowest BCUT2D eigenvalue weighted by Crippen LogP contribution is -2.29. The Morgan fingerprint density at radius 2 is 1.88 bits per heavy atom. The average molecular weight is 242 g/mol. The van der Waals surface area contributed by atoms with Gasteiger partial charge in [-0.15, -0.1) is 0 Å². The van der Waals surface area contributed by atoms with Crippen LogP contribution < -0.4 is 4.74 Å². The molecule has 1 atom stereocenters. The van der Waals surface area contributed by atoms with Gasteiger partial charge in [-0.1, -0.05) is 0 Å². The van der Waals surface area contributed by atoms with Gasteiger partial charge in [-0.05, 0) is 38.1 Å². The normalized spacial score (nSPS) is 13.5. The van der Waals surface area contributed by atoms with Crippen molar-refractivity contribution in [2.45, 2.75) is 30.8 Å². The van der Waals surface area contributed by atoms with E-state index in [-0.39, 0.29) is 12.2 Å². The zero-order valence-corrected chi connectivity index (χ0v) is 10.7. The van der Waals surface area contributed by atoms with E-state index < -0.39 is 10.8 Å². The summed E-state index contributed by atoms with van der Waals surface area (Å²) in [5.41, 5.74) is -0.387. The molecule has 0 heterocycles. The first kappa shape index (κ1) is 13.2. The second-order valence-electron chi connectivity index (χ2n) is 4.26. The lowest BCUT2D eigenvalue weighted by atomic mass is 10.1. The number of ether oxygens (including phenoxy) is 1. The minimum atomic E-state index is -0.959. The molecule has 0 spiro atoms. The maximum absolute atomic E-state index is 11.2. The monoisotopic (exact) mass is 242 g/mol. The van der Waals surface area contributed by atoms with E-state index in [0.29, 0.717) is 6.42 Å². The molecule has 0 saturated carbocycles. The molecule has 4 heteroatoms. The van der Waals surface area contributed by atoms with Gasteiger partial charge >= 0.3 is 0 Å². The standard InChI is InChI=1S/C12H18O3S/c1-12(2,8-9-13)15-10-4-6-11(7-5-10)16(3)14/h4-7,13H,8-9H2,1-3H3. The molecule has 0 fully saturated rings. The third kappa shape index (κ3) is 3.94. The molecule has 90 valence electrons. The maximum atomic E-state index is 11.2. The van der Waals surface area contributed by atoms with E-state index >= 15 is 0 Å². The third-order valence-electron chi connectivity index (χ3n) is 2.26. The van der Waals surface area contributed by atoms with Crippen LogP contribution in [0.4, 0.5) is 0 Å². The van der Waals surface area contributed by atoms with Crippen LogP contribution in [-0.2, 0) is 10.8 Å². The van der Waals surface area contributed by atoms with Crippen molar-refractivity contribution in [3.05, 3.63) is 24.3 Å². The largest absolute Gasteiger partial charge is 0.488 e. The molecule has 1 N–H and O–H groups in total. The summed E-state index contributed by atoms with van der Waals surface area (Å²) in [5.74, 6) is 0.729. The second-order valence-corrected chi connectivity index (χ2v) is 5.64. The molecule has 0 aromatic heterocycles. The van der Waals surface area contributed by atoms with Gasteiger partial charge < -0.3 is 9.84 Å². The van der Waals surface area contributed by atoms with E-state index in [1.807, 2.05) is 13.8 Å². The van der Waals surface area contributed by atoms with Crippen LogP contribution in [0.1, 0.15) is 20.3 Å². The quantitative estimate of drug-likeness (QED) is 0.858. The lowest BCUT2D eigenvalue weighted by Gasteiger charge is -2.25. The van der Waals surface area contributed by atoms with Crippen LogP contribution in [0, 0.1) is 0 Å². The topological polar surface area (TPSA) is 46.5 Å². The molecule has 0 saturated heterocycles. The Kier molecular flexibility index (Phi) is 4.50. The number of rotatable bonds is 5. The molecule has 16 heavy (non-hydrogen) atoms. The summed E-state index contributed by atoms with van der Waals surface area (Å²) in [5, 5.41) is 8.88. The maximum Gasteiger partial charge on any atom is 0.120 e. The van der Waals surface area contributed by atoms with Crippen LogP contribution in [0.2, 0.25) is 0 Å². The summed E-state index contributed by atoms with van der Waals surface area (Å²) in [6.45, 7) is 3.95. The Bertz CT molecular complexity index is 357. The van der Waals surface area contributed by atoms with Crippen molar-refractivity contribution in [1.29, 1.82) is 0 Å². The van der Waals surface area contributed by atoms with Gasteiger partial charge in [-0.3, -0.25) is 4.21 Å². The van der Waals surface area contributed by atoms with Crippen molar-refractivity contribution in [3.8, 4) is 5.75 Å². The Balaban J connectivity index is 2.72. The van der Waals surface area contributed by atoms with Crippen LogP contribution >= 0.6 is 0 Å². The van der Waals surface area contributed by atoms with Gasteiger partial charge in [-0.25, -0.2) is 0 Å².